The van der Waals surface area contributed by atoms with E-state index in [9.17, 15) is 19.8 Å². The Morgan fingerprint density at radius 2 is 1.74 bits per heavy atom. The number of carbonyl (C=O) groups is 1. The molecule has 2 aromatic heterocycles. The largest absolute Gasteiger partial charge is 0.481 e. The molecule has 4 rings (SSSR count). The average Bonchev–Trinajstić information content (AvgIpc) is 2.84. The van der Waals surface area contributed by atoms with Gasteiger partial charge in [-0.25, -0.2) is 4.68 Å². The molecule has 180 valence electrons. The second kappa shape index (κ2) is 10.6. The number of aliphatic hydroxyl groups is 1. The molecule has 8 heteroatoms. The molecule has 4 aromatic rings. The molecule has 0 unspecified atom stereocenters. The molecule has 2 heterocycles. The van der Waals surface area contributed by atoms with Gasteiger partial charge in [-0.05, 0) is 68.0 Å². The lowest BCUT2D eigenvalue weighted by Gasteiger charge is -2.19. The summed E-state index contributed by atoms with van der Waals surface area (Å²) in [6, 6.07) is 17.2. The standard InChI is InChI=1S/C27H28N4O4/c1-17-3-11-22-24(15-17)29-30-31(26(22)33)14-13-23(27(34)35)25(32)12-7-19-5-9-20(10-6-19)21-8-4-18(2)28-16-21/h3-6,8-11,15-16,23,25,32H,7,12-14H2,1-2H3,(H,34,35)/t23-,25+/m0/s1. The van der Waals surface area contributed by atoms with E-state index in [4.69, 9.17) is 0 Å². The van der Waals surface area contributed by atoms with Gasteiger partial charge in [0.1, 0.15) is 5.52 Å². The quantitative estimate of drug-likeness (QED) is 0.382. The van der Waals surface area contributed by atoms with Gasteiger partial charge in [0.15, 0.2) is 0 Å². The van der Waals surface area contributed by atoms with Crippen molar-refractivity contribution in [2.45, 2.75) is 45.8 Å². The van der Waals surface area contributed by atoms with Gasteiger partial charge in [-0.15, -0.1) is 5.10 Å². The number of pyridine rings is 1. The van der Waals surface area contributed by atoms with E-state index >= 15 is 0 Å². The summed E-state index contributed by atoms with van der Waals surface area (Å²) in [7, 11) is 0. The molecule has 0 saturated carbocycles. The van der Waals surface area contributed by atoms with Crippen molar-refractivity contribution in [3.63, 3.8) is 0 Å². The highest BCUT2D eigenvalue weighted by Gasteiger charge is 2.26. The number of rotatable bonds is 9. The highest BCUT2D eigenvalue weighted by molar-refractivity contribution is 5.77. The lowest BCUT2D eigenvalue weighted by molar-refractivity contribution is -0.146. The molecule has 2 N–H and O–H groups in total. The Morgan fingerprint density at radius 3 is 2.43 bits per heavy atom. The summed E-state index contributed by atoms with van der Waals surface area (Å²) >= 11 is 0. The molecule has 8 nitrogen and oxygen atoms in total. The molecule has 2 aromatic carbocycles. The zero-order valence-electron chi connectivity index (χ0n) is 19.8. The summed E-state index contributed by atoms with van der Waals surface area (Å²) in [6.07, 6.45) is 1.67. The first-order valence-corrected chi connectivity index (χ1v) is 11.6. The number of carboxylic acids is 1. The van der Waals surface area contributed by atoms with Crippen LogP contribution in [0.25, 0.3) is 22.0 Å². The molecule has 0 aliphatic rings. The van der Waals surface area contributed by atoms with Crippen molar-refractivity contribution < 1.29 is 15.0 Å². The lowest BCUT2D eigenvalue weighted by Crippen LogP contribution is -2.32. The highest BCUT2D eigenvalue weighted by Crippen LogP contribution is 2.21. The van der Waals surface area contributed by atoms with Gasteiger partial charge in [-0.3, -0.25) is 14.6 Å². The van der Waals surface area contributed by atoms with Gasteiger partial charge in [-0.1, -0.05) is 41.6 Å². The Bertz CT molecular complexity index is 1380. The maximum Gasteiger partial charge on any atom is 0.309 e. The van der Waals surface area contributed by atoms with Crippen LogP contribution in [-0.4, -0.2) is 42.3 Å². The number of hydrogen-bond acceptors (Lipinski definition) is 6. The minimum absolute atomic E-state index is 0.0585. The number of aromatic nitrogens is 4. The van der Waals surface area contributed by atoms with E-state index in [1.54, 1.807) is 12.1 Å². The summed E-state index contributed by atoms with van der Waals surface area (Å²) < 4.78 is 1.17. The van der Waals surface area contributed by atoms with Crippen LogP contribution in [0.4, 0.5) is 0 Å². The number of carboxylic acid groups (broad SMARTS) is 1. The zero-order valence-corrected chi connectivity index (χ0v) is 19.8. The van der Waals surface area contributed by atoms with Gasteiger partial charge < -0.3 is 10.2 Å². The molecule has 0 amide bonds. The monoisotopic (exact) mass is 472 g/mol. The van der Waals surface area contributed by atoms with Crippen LogP contribution in [-0.2, 0) is 17.8 Å². The zero-order chi connectivity index (χ0) is 24.9. The topological polar surface area (TPSA) is 118 Å². The van der Waals surface area contributed by atoms with Crippen molar-refractivity contribution in [2.75, 3.05) is 0 Å². The number of hydrogen-bond donors (Lipinski definition) is 2. The van der Waals surface area contributed by atoms with Crippen LogP contribution < -0.4 is 5.56 Å². The van der Waals surface area contributed by atoms with Crippen LogP contribution in [0.5, 0.6) is 0 Å². The Labute approximate surface area is 202 Å². The molecular weight excluding hydrogens is 444 g/mol. The minimum atomic E-state index is -1.10. The van der Waals surface area contributed by atoms with Crippen molar-refractivity contribution in [3.05, 3.63) is 88.0 Å². The van der Waals surface area contributed by atoms with E-state index in [2.05, 4.69) is 15.3 Å². The molecular formula is C27H28N4O4. The maximum atomic E-state index is 12.7. The van der Waals surface area contributed by atoms with E-state index in [1.807, 2.05) is 62.5 Å². The number of nitrogens with zero attached hydrogens (tertiary/aromatic N) is 4. The van der Waals surface area contributed by atoms with Gasteiger partial charge in [0.2, 0.25) is 0 Å². The maximum absolute atomic E-state index is 12.7. The summed E-state index contributed by atoms with van der Waals surface area (Å²) in [5.74, 6) is -2.12. The van der Waals surface area contributed by atoms with Gasteiger partial charge >= 0.3 is 5.97 Å². The Balaban J connectivity index is 1.38. The average molecular weight is 473 g/mol. The fourth-order valence-electron chi connectivity index (χ4n) is 4.09. The third kappa shape index (κ3) is 5.78. The molecule has 35 heavy (non-hydrogen) atoms. The smallest absolute Gasteiger partial charge is 0.309 e. The van der Waals surface area contributed by atoms with E-state index in [0.29, 0.717) is 23.7 Å². The van der Waals surface area contributed by atoms with Gasteiger partial charge in [0.25, 0.3) is 5.56 Å². The second-order valence-corrected chi connectivity index (χ2v) is 8.86. The van der Waals surface area contributed by atoms with E-state index in [1.165, 1.54) is 4.68 Å². The molecule has 2 atom stereocenters. The van der Waals surface area contributed by atoms with Gasteiger partial charge in [0.05, 0.1) is 17.4 Å². The summed E-state index contributed by atoms with van der Waals surface area (Å²) in [6.45, 7) is 3.90. The number of aliphatic hydroxyl groups excluding tert-OH is 1. The molecule has 0 fully saturated rings. The SMILES string of the molecule is Cc1ccc2c(=O)n(CC[C@H](C(=O)O)[C@H](O)CCc3ccc(-c4ccc(C)nc4)cc3)nnc2c1. The van der Waals surface area contributed by atoms with E-state index in [-0.39, 0.29) is 18.5 Å². The van der Waals surface area contributed by atoms with Crippen LogP contribution in [0, 0.1) is 19.8 Å². The summed E-state index contributed by atoms with van der Waals surface area (Å²) in [5, 5.41) is 28.8. The lowest BCUT2D eigenvalue weighted by atomic mass is 9.93. The first kappa shape index (κ1) is 24.2. The highest BCUT2D eigenvalue weighted by atomic mass is 16.4. The first-order valence-electron chi connectivity index (χ1n) is 11.6. The molecule has 0 bridgehead atoms. The predicted octanol–water partition coefficient (Wildman–Crippen LogP) is 3.55. The van der Waals surface area contributed by atoms with Crippen LogP contribution in [0.3, 0.4) is 0 Å². The van der Waals surface area contributed by atoms with Crippen molar-refractivity contribution in [2.24, 2.45) is 5.92 Å². The molecule has 0 aliphatic heterocycles. The fourth-order valence-corrected chi connectivity index (χ4v) is 4.09. The Kier molecular flexibility index (Phi) is 7.31. The van der Waals surface area contributed by atoms with Crippen LogP contribution in [0.15, 0.2) is 65.6 Å². The second-order valence-electron chi connectivity index (χ2n) is 8.86. The number of fused-ring (bicyclic) bond motifs is 1. The normalized spacial score (nSPS) is 13.0. The Hall–Kier alpha value is -3.91. The van der Waals surface area contributed by atoms with Gasteiger partial charge in [-0.2, -0.15) is 0 Å². The fraction of sp³-hybridized carbons (Fsp3) is 0.296. The van der Waals surface area contributed by atoms with E-state index in [0.717, 1.165) is 27.9 Å². The first-order chi connectivity index (χ1) is 16.8. The van der Waals surface area contributed by atoms with Crippen LogP contribution in [0.2, 0.25) is 0 Å². The molecule has 0 aliphatic carbocycles. The minimum Gasteiger partial charge on any atom is -0.481 e. The molecule has 0 radical (unpaired) electrons. The van der Waals surface area contributed by atoms with Crippen LogP contribution in [0.1, 0.15) is 29.7 Å². The van der Waals surface area contributed by atoms with Crippen molar-refractivity contribution in [1.29, 1.82) is 0 Å². The molecule has 0 spiro atoms. The van der Waals surface area contributed by atoms with Crippen LogP contribution >= 0.6 is 0 Å². The van der Waals surface area contributed by atoms with Crippen molar-refractivity contribution in [1.82, 2.24) is 20.0 Å². The predicted molar refractivity (Wildman–Crippen MR) is 133 cm³/mol. The third-order valence-electron chi connectivity index (χ3n) is 6.24. The number of aryl methyl sites for hydroxylation is 4. The number of benzene rings is 2. The Morgan fingerprint density at radius 1 is 1.00 bits per heavy atom. The van der Waals surface area contributed by atoms with E-state index < -0.39 is 18.0 Å². The third-order valence-corrected chi connectivity index (χ3v) is 6.24. The van der Waals surface area contributed by atoms with Crippen molar-refractivity contribution in [3.8, 4) is 11.1 Å². The molecule has 0 saturated heterocycles. The summed E-state index contributed by atoms with van der Waals surface area (Å²) in [4.78, 5) is 28.9. The summed E-state index contributed by atoms with van der Waals surface area (Å²) in [5.41, 5.74) is 5.18. The van der Waals surface area contributed by atoms with Gasteiger partial charge in [0, 0.05) is 24.0 Å². The number of aliphatic carboxylic acids is 1. The van der Waals surface area contributed by atoms with Crippen molar-refractivity contribution >= 4 is 16.9 Å².